The van der Waals surface area contributed by atoms with E-state index in [0.29, 0.717) is 36.4 Å². The molecule has 0 aliphatic carbocycles. The van der Waals surface area contributed by atoms with Crippen molar-refractivity contribution in [1.29, 1.82) is 0 Å². The standard InChI is InChI=1S/C14H21ClFN3/c1-3-11-13(15)12(19(2)18-11)8-14(16)6-9-4-5-10(7-14)17-9/h9-10,17H,3-8H2,1-2H3. The van der Waals surface area contributed by atoms with Gasteiger partial charge in [-0.05, 0) is 32.1 Å². The Labute approximate surface area is 118 Å². The van der Waals surface area contributed by atoms with Gasteiger partial charge in [-0.1, -0.05) is 18.5 Å². The Morgan fingerprint density at radius 2 is 2.05 bits per heavy atom. The van der Waals surface area contributed by atoms with Crippen LogP contribution >= 0.6 is 11.6 Å². The monoisotopic (exact) mass is 285 g/mol. The molecule has 2 aliphatic heterocycles. The molecule has 0 radical (unpaired) electrons. The molecular formula is C14H21ClFN3. The van der Waals surface area contributed by atoms with Gasteiger partial charge in [0.15, 0.2) is 0 Å². The van der Waals surface area contributed by atoms with E-state index in [1.807, 2.05) is 14.0 Å². The van der Waals surface area contributed by atoms with Crippen molar-refractivity contribution in [1.82, 2.24) is 15.1 Å². The van der Waals surface area contributed by atoms with Crippen LogP contribution in [0.2, 0.25) is 5.02 Å². The smallest absolute Gasteiger partial charge is 0.119 e. The summed E-state index contributed by atoms with van der Waals surface area (Å²) in [6, 6.07) is 0.697. The molecule has 1 aromatic heterocycles. The van der Waals surface area contributed by atoms with Crippen molar-refractivity contribution in [2.75, 3.05) is 0 Å². The van der Waals surface area contributed by atoms with Crippen molar-refractivity contribution in [3.8, 4) is 0 Å². The maximum atomic E-state index is 15.1. The summed E-state index contributed by atoms with van der Waals surface area (Å²) in [6.07, 6.45) is 4.60. The van der Waals surface area contributed by atoms with E-state index in [0.717, 1.165) is 30.7 Å². The molecule has 2 atom stereocenters. The molecule has 3 rings (SSSR count). The molecule has 3 heterocycles. The van der Waals surface area contributed by atoms with Crippen LogP contribution in [0.25, 0.3) is 0 Å². The second kappa shape index (κ2) is 4.74. The lowest BCUT2D eigenvalue weighted by Gasteiger charge is -2.35. The maximum absolute atomic E-state index is 15.1. The lowest BCUT2D eigenvalue weighted by Crippen LogP contribution is -2.47. The molecule has 2 bridgehead atoms. The van der Waals surface area contributed by atoms with E-state index in [-0.39, 0.29) is 0 Å². The van der Waals surface area contributed by atoms with Gasteiger partial charge in [-0.3, -0.25) is 4.68 Å². The summed E-state index contributed by atoms with van der Waals surface area (Å²) in [5.41, 5.74) is 0.599. The van der Waals surface area contributed by atoms with Gasteiger partial charge in [0.05, 0.1) is 16.4 Å². The average molecular weight is 286 g/mol. The van der Waals surface area contributed by atoms with Crippen LogP contribution in [0.1, 0.15) is 44.0 Å². The fourth-order valence-electron chi connectivity index (χ4n) is 3.65. The Hall–Kier alpha value is -0.610. The quantitative estimate of drug-likeness (QED) is 0.925. The first-order valence-corrected chi connectivity index (χ1v) is 7.54. The lowest BCUT2D eigenvalue weighted by atomic mass is 9.85. The molecule has 2 aliphatic rings. The third kappa shape index (κ3) is 2.40. The number of fused-ring (bicyclic) bond motifs is 2. The zero-order valence-electron chi connectivity index (χ0n) is 11.5. The SMILES string of the molecule is CCc1nn(C)c(CC2(F)CC3CCC(C2)N3)c1Cl. The molecule has 2 unspecified atom stereocenters. The van der Waals surface area contributed by atoms with Crippen molar-refractivity contribution in [2.45, 2.75) is 63.2 Å². The van der Waals surface area contributed by atoms with Crippen LogP contribution in [0.15, 0.2) is 0 Å². The number of nitrogens with one attached hydrogen (secondary N) is 1. The van der Waals surface area contributed by atoms with Gasteiger partial charge in [-0.2, -0.15) is 5.10 Å². The average Bonchev–Trinajstić information content (AvgIpc) is 2.83. The summed E-state index contributed by atoms with van der Waals surface area (Å²) in [4.78, 5) is 0. The van der Waals surface area contributed by atoms with Crippen molar-refractivity contribution >= 4 is 11.6 Å². The first-order valence-electron chi connectivity index (χ1n) is 7.16. The Balaban J connectivity index is 1.83. The molecule has 0 aromatic carbocycles. The molecule has 5 heteroatoms. The van der Waals surface area contributed by atoms with Crippen LogP contribution in [0.5, 0.6) is 0 Å². The van der Waals surface area contributed by atoms with E-state index in [1.165, 1.54) is 0 Å². The van der Waals surface area contributed by atoms with Gasteiger partial charge in [-0.15, -0.1) is 0 Å². The number of aromatic nitrogens is 2. The Bertz CT molecular complexity index is 473. The fourth-order valence-corrected chi connectivity index (χ4v) is 4.01. The predicted molar refractivity (Wildman–Crippen MR) is 74.3 cm³/mol. The van der Waals surface area contributed by atoms with Crippen LogP contribution in [0, 0.1) is 0 Å². The summed E-state index contributed by atoms with van der Waals surface area (Å²) >= 11 is 6.33. The summed E-state index contributed by atoms with van der Waals surface area (Å²) in [6.45, 7) is 2.02. The highest BCUT2D eigenvalue weighted by molar-refractivity contribution is 6.31. The molecule has 19 heavy (non-hydrogen) atoms. The Morgan fingerprint density at radius 1 is 1.42 bits per heavy atom. The highest BCUT2D eigenvalue weighted by atomic mass is 35.5. The van der Waals surface area contributed by atoms with Crippen LogP contribution in [-0.4, -0.2) is 27.5 Å². The minimum atomic E-state index is -1.13. The largest absolute Gasteiger partial charge is 0.311 e. The van der Waals surface area contributed by atoms with Crippen molar-refractivity contribution in [3.05, 3.63) is 16.4 Å². The van der Waals surface area contributed by atoms with E-state index in [9.17, 15) is 0 Å². The number of aryl methyl sites for hydroxylation is 2. The van der Waals surface area contributed by atoms with Crippen molar-refractivity contribution < 1.29 is 4.39 Å². The fraction of sp³-hybridized carbons (Fsp3) is 0.786. The third-order valence-corrected chi connectivity index (χ3v) is 4.98. The van der Waals surface area contributed by atoms with Crippen LogP contribution < -0.4 is 5.32 Å². The number of hydrogen-bond acceptors (Lipinski definition) is 2. The molecule has 0 saturated carbocycles. The number of nitrogens with zero attached hydrogens (tertiary/aromatic N) is 2. The Kier molecular flexibility index (Phi) is 3.34. The number of hydrogen-bond donors (Lipinski definition) is 1. The van der Waals surface area contributed by atoms with Gasteiger partial charge < -0.3 is 5.32 Å². The molecular weight excluding hydrogens is 265 g/mol. The van der Waals surface area contributed by atoms with Gasteiger partial charge in [-0.25, -0.2) is 4.39 Å². The van der Waals surface area contributed by atoms with Gasteiger partial charge in [0.1, 0.15) is 5.67 Å². The molecule has 106 valence electrons. The normalized spacial score (nSPS) is 33.9. The summed E-state index contributed by atoms with van der Waals surface area (Å²) < 4.78 is 16.9. The van der Waals surface area contributed by atoms with Gasteiger partial charge >= 0.3 is 0 Å². The van der Waals surface area contributed by atoms with E-state index < -0.39 is 5.67 Å². The first kappa shape index (κ1) is 13.4. The lowest BCUT2D eigenvalue weighted by molar-refractivity contribution is 0.0873. The number of alkyl halides is 1. The van der Waals surface area contributed by atoms with Crippen LogP contribution in [0.4, 0.5) is 4.39 Å². The summed E-state index contributed by atoms with van der Waals surface area (Å²) in [5, 5.41) is 8.52. The summed E-state index contributed by atoms with van der Waals surface area (Å²) in [5.74, 6) is 0. The summed E-state index contributed by atoms with van der Waals surface area (Å²) in [7, 11) is 1.86. The zero-order valence-corrected chi connectivity index (χ0v) is 12.3. The molecule has 1 aromatic rings. The van der Waals surface area contributed by atoms with E-state index in [4.69, 9.17) is 11.6 Å². The van der Waals surface area contributed by atoms with Gasteiger partial charge in [0.25, 0.3) is 0 Å². The van der Waals surface area contributed by atoms with E-state index >= 15 is 4.39 Å². The van der Waals surface area contributed by atoms with Crippen LogP contribution in [-0.2, 0) is 19.9 Å². The number of piperidine rings is 1. The zero-order chi connectivity index (χ0) is 13.6. The highest BCUT2D eigenvalue weighted by Crippen LogP contribution is 2.40. The predicted octanol–water partition coefficient (Wildman–Crippen LogP) is 2.80. The van der Waals surface area contributed by atoms with E-state index in [2.05, 4.69) is 10.4 Å². The third-order valence-electron chi connectivity index (χ3n) is 4.55. The molecule has 2 fully saturated rings. The Morgan fingerprint density at radius 3 is 2.58 bits per heavy atom. The van der Waals surface area contributed by atoms with E-state index in [1.54, 1.807) is 4.68 Å². The number of rotatable bonds is 3. The topological polar surface area (TPSA) is 29.9 Å². The minimum absolute atomic E-state index is 0.349. The van der Waals surface area contributed by atoms with Crippen molar-refractivity contribution in [2.24, 2.45) is 7.05 Å². The molecule has 3 nitrogen and oxygen atoms in total. The van der Waals surface area contributed by atoms with Crippen molar-refractivity contribution in [3.63, 3.8) is 0 Å². The second-order valence-electron chi connectivity index (χ2n) is 6.06. The maximum Gasteiger partial charge on any atom is 0.119 e. The first-order chi connectivity index (χ1) is 9.00. The second-order valence-corrected chi connectivity index (χ2v) is 6.44. The van der Waals surface area contributed by atoms with Gasteiger partial charge in [0, 0.05) is 25.6 Å². The molecule has 0 spiro atoms. The van der Waals surface area contributed by atoms with Gasteiger partial charge in [0.2, 0.25) is 0 Å². The molecule has 2 saturated heterocycles. The van der Waals surface area contributed by atoms with Crippen LogP contribution in [0.3, 0.4) is 0 Å². The minimum Gasteiger partial charge on any atom is -0.311 e. The molecule has 0 amide bonds. The highest BCUT2D eigenvalue weighted by Gasteiger charge is 2.44. The molecule has 1 N–H and O–H groups in total. The number of halogens is 2.